The number of nitrogens with zero attached hydrogens (tertiary/aromatic N) is 1. The van der Waals surface area contributed by atoms with Gasteiger partial charge in [0.05, 0.1) is 24.1 Å². The molecule has 152 valence electrons. The zero-order valence-corrected chi connectivity index (χ0v) is 16.1. The molecule has 1 aliphatic heterocycles. The van der Waals surface area contributed by atoms with E-state index < -0.39 is 0 Å². The first kappa shape index (κ1) is 19.3. The number of rotatable bonds is 6. The van der Waals surface area contributed by atoms with Gasteiger partial charge in [-0.15, -0.1) is 0 Å². The standard InChI is InChI=1S/C22H20N4O4/c27-20(15-7-9-16(10-8-15)26-12-11-23-22(26)29)25-19-6-2-1-5-18(19)21(28)24-14-17-4-3-13-30-17/h1-10,13H,11-12,14H2,(H,23,29)(H,24,28)(H,25,27). The number of anilines is 2. The fraction of sp³-hybridized carbons (Fsp3) is 0.136. The van der Waals surface area contributed by atoms with Gasteiger partial charge >= 0.3 is 6.03 Å². The van der Waals surface area contributed by atoms with Crippen molar-refractivity contribution in [1.82, 2.24) is 10.6 Å². The highest BCUT2D eigenvalue weighted by atomic mass is 16.3. The van der Waals surface area contributed by atoms with Crippen molar-refractivity contribution >= 4 is 29.2 Å². The molecule has 0 bridgehead atoms. The van der Waals surface area contributed by atoms with E-state index in [-0.39, 0.29) is 24.4 Å². The number of nitrogens with one attached hydrogen (secondary N) is 3. The highest BCUT2D eigenvalue weighted by Crippen LogP contribution is 2.20. The van der Waals surface area contributed by atoms with Gasteiger partial charge in [0, 0.05) is 24.3 Å². The van der Waals surface area contributed by atoms with Crippen LogP contribution in [-0.4, -0.2) is 30.9 Å². The number of carbonyl (C=O) groups excluding carboxylic acids is 3. The van der Waals surface area contributed by atoms with Crippen LogP contribution >= 0.6 is 0 Å². The van der Waals surface area contributed by atoms with Crippen LogP contribution < -0.4 is 20.9 Å². The monoisotopic (exact) mass is 404 g/mol. The fourth-order valence-electron chi connectivity index (χ4n) is 3.17. The maximum absolute atomic E-state index is 12.7. The van der Waals surface area contributed by atoms with Gasteiger partial charge in [-0.05, 0) is 48.5 Å². The molecule has 4 amide bonds. The van der Waals surface area contributed by atoms with Crippen LogP contribution in [0.2, 0.25) is 0 Å². The van der Waals surface area contributed by atoms with Crippen molar-refractivity contribution in [2.24, 2.45) is 0 Å². The summed E-state index contributed by atoms with van der Waals surface area (Å²) in [5.74, 6) is -0.0342. The third-order valence-electron chi connectivity index (χ3n) is 4.72. The van der Waals surface area contributed by atoms with Gasteiger partial charge in [0.1, 0.15) is 5.76 Å². The van der Waals surface area contributed by atoms with Crippen LogP contribution in [0.3, 0.4) is 0 Å². The average Bonchev–Trinajstić information content (AvgIpc) is 3.44. The molecule has 0 aliphatic carbocycles. The molecule has 1 saturated heterocycles. The normalized spacial score (nSPS) is 13.1. The smallest absolute Gasteiger partial charge is 0.321 e. The van der Waals surface area contributed by atoms with Crippen molar-refractivity contribution < 1.29 is 18.8 Å². The Balaban J connectivity index is 1.44. The summed E-state index contributed by atoms with van der Waals surface area (Å²) in [6.45, 7) is 1.43. The zero-order valence-electron chi connectivity index (χ0n) is 16.1. The number of benzene rings is 2. The minimum absolute atomic E-state index is 0.151. The lowest BCUT2D eigenvalue weighted by atomic mass is 10.1. The average molecular weight is 404 g/mol. The molecule has 4 rings (SSSR count). The van der Waals surface area contributed by atoms with Gasteiger partial charge in [0.25, 0.3) is 11.8 Å². The first-order valence-corrected chi connectivity index (χ1v) is 9.48. The van der Waals surface area contributed by atoms with Crippen molar-refractivity contribution in [3.8, 4) is 0 Å². The van der Waals surface area contributed by atoms with Crippen LogP contribution in [-0.2, 0) is 6.54 Å². The van der Waals surface area contributed by atoms with Gasteiger partial charge in [0.15, 0.2) is 0 Å². The Hall–Kier alpha value is -4.07. The number of para-hydroxylation sites is 1. The van der Waals surface area contributed by atoms with E-state index in [1.54, 1.807) is 65.6 Å². The fourth-order valence-corrected chi connectivity index (χ4v) is 3.17. The third-order valence-corrected chi connectivity index (χ3v) is 4.72. The van der Waals surface area contributed by atoms with Crippen LogP contribution in [0.5, 0.6) is 0 Å². The van der Waals surface area contributed by atoms with E-state index in [2.05, 4.69) is 16.0 Å². The predicted molar refractivity (Wildman–Crippen MR) is 111 cm³/mol. The Morgan fingerprint density at radius 1 is 1.00 bits per heavy atom. The quantitative estimate of drug-likeness (QED) is 0.588. The molecular weight excluding hydrogens is 384 g/mol. The lowest BCUT2D eigenvalue weighted by Crippen LogP contribution is -2.27. The van der Waals surface area contributed by atoms with Crippen molar-refractivity contribution in [2.75, 3.05) is 23.3 Å². The minimum atomic E-state index is -0.348. The summed E-state index contributed by atoms with van der Waals surface area (Å²) in [6.07, 6.45) is 1.54. The van der Waals surface area contributed by atoms with E-state index in [1.165, 1.54) is 6.26 Å². The van der Waals surface area contributed by atoms with Crippen molar-refractivity contribution in [3.63, 3.8) is 0 Å². The molecule has 0 saturated carbocycles. The molecule has 2 aromatic carbocycles. The topological polar surface area (TPSA) is 104 Å². The zero-order chi connectivity index (χ0) is 20.9. The molecule has 8 heteroatoms. The first-order valence-electron chi connectivity index (χ1n) is 9.48. The Morgan fingerprint density at radius 3 is 2.50 bits per heavy atom. The number of hydrogen-bond acceptors (Lipinski definition) is 4. The second-order valence-electron chi connectivity index (χ2n) is 6.69. The molecule has 1 aliphatic rings. The number of hydrogen-bond donors (Lipinski definition) is 3. The molecule has 1 fully saturated rings. The lowest BCUT2D eigenvalue weighted by molar-refractivity contribution is 0.0949. The second kappa shape index (κ2) is 8.52. The summed E-state index contributed by atoms with van der Waals surface area (Å²) >= 11 is 0. The maximum atomic E-state index is 12.7. The summed E-state index contributed by atoms with van der Waals surface area (Å²) in [5.41, 5.74) is 1.90. The van der Waals surface area contributed by atoms with Gasteiger partial charge in [-0.3, -0.25) is 14.5 Å². The summed E-state index contributed by atoms with van der Waals surface area (Å²) in [6, 6.07) is 16.9. The van der Waals surface area contributed by atoms with Crippen LogP contribution in [0.15, 0.2) is 71.3 Å². The SMILES string of the molecule is O=C(Nc1ccccc1C(=O)NCc1ccco1)c1ccc(N2CCNC2=O)cc1. The van der Waals surface area contributed by atoms with E-state index in [4.69, 9.17) is 4.42 Å². The molecule has 3 aromatic rings. The van der Waals surface area contributed by atoms with Crippen molar-refractivity contribution in [3.05, 3.63) is 83.8 Å². The third kappa shape index (κ3) is 4.17. The molecule has 8 nitrogen and oxygen atoms in total. The summed E-state index contributed by atoms with van der Waals surface area (Å²) in [4.78, 5) is 38.6. The van der Waals surface area contributed by atoms with Crippen molar-refractivity contribution in [2.45, 2.75) is 6.54 Å². The van der Waals surface area contributed by atoms with Crippen molar-refractivity contribution in [1.29, 1.82) is 0 Å². The van der Waals surface area contributed by atoms with E-state index in [9.17, 15) is 14.4 Å². The van der Waals surface area contributed by atoms with E-state index >= 15 is 0 Å². The Bertz CT molecular complexity index is 1060. The highest BCUT2D eigenvalue weighted by molar-refractivity contribution is 6.09. The number of furan rings is 1. The van der Waals surface area contributed by atoms with E-state index in [0.29, 0.717) is 35.7 Å². The van der Waals surface area contributed by atoms with E-state index in [0.717, 1.165) is 5.69 Å². The minimum Gasteiger partial charge on any atom is -0.467 e. The molecular formula is C22H20N4O4. The number of urea groups is 1. The molecule has 0 unspecified atom stereocenters. The van der Waals surface area contributed by atoms with Gasteiger partial charge < -0.3 is 20.4 Å². The van der Waals surface area contributed by atoms with Gasteiger partial charge in [-0.25, -0.2) is 4.79 Å². The predicted octanol–water partition coefficient (Wildman–Crippen LogP) is 2.99. The molecule has 2 heterocycles. The Morgan fingerprint density at radius 2 is 1.80 bits per heavy atom. The molecule has 3 N–H and O–H groups in total. The Kier molecular flexibility index (Phi) is 5.47. The van der Waals surface area contributed by atoms with Crippen LogP contribution in [0, 0.1) is 0 Å². The van der Waals surface area contributed by atoms with E-state index in [1.807, 2.05) is 0 Å². The summed E-state index contributed by atoms with van der Waals surface area (Å²) < 4.78 is 5.21. The van der Waals surface area contributed by atoms with Crippen LogP contribution in [0.1, 0.15) is 26.5 Å². The molecule has 30 heavy (non-hydrogen) atoms. The molecule has 1 aromatic heterocycles. The first-order chi connectivity index (χ1) is 14.6. The molecule has 0 atom stereocenters. The van der Waals surface area contributed by atoms with Crippen LogP contribution in [0.25, 0.3) is 0 Å². The van der Waals surface area contributed by atoms with Gasteiger partial charge in [-0.2, -0.15) is 0 Å². The summed E-state index contributed by atoms with van der Waals surface area (Å²) in [7, 11) is 0. The summed E-state index contributed by atoms with van der Waals surface area (Å²) in [5, 5.41) is 8.29. The second-order valence-corrected chi connectivity index (χ2v) is 6.69. The van der Waals surface area contributed by atoms with Gasteiger partial charge in [0.2, 0.25) is 0 Å². The van der Waals surface area contributed by atoms with Gasteiger partial charge in [-0.1, -0.05) is 12.1 Å². The number of amides is 4. The molecule has 0 spiro atoms. The largest absolute Gasteiger partial charge is 0.467 e. The van der Waals surface area contributed by atoms with Crippen LogP contribution in [0.4, 0.5) is 16.2 Å². The number of carbonyl (C=O) groups is 3. The lowest BCUT2D eigenvalue weighted by Gasteiger charge is -2.15. The molecule has 0 radical (unpaired) electrons. The maximum Gasteiger partial charge on any atom is 0.321 e. The highest BCUT2D eigenvalue weighted by Gasteiger charge is 2.21. The Labute approximate surface area is 172 Å².